The van der Waals surface area contributed by atoms with E-state index in [9.17, 15) is 21.6 Å². The molecule has 0 radical (unpaired) electrons. The molecule has 1 saturated heterocycles. The van der Waals surface area contributed by atoms with Gasteiger partial charge in [0.2, 0.25) is 15.9 Å². The van der Waals surface area contributed by atoms with Crippen molar-refractivity contribution in [3.8, 4) is 11.1 Å². The van der Waals surface area contributed by atoms with Crippen LogP contribution in [0.5, 0.6) is 0 Å². The van der Waals surface area contributed by atoms with E-state index in [0.29, 0.717) is 11.1 Å². The van der Waals surface area contributed by atoms with Crippen LogP contribution in [0, 0.1) is 5.82 Å². The Balaban J connectivity index is 1.36. The molecule has 4 aromatic carbocycles. The van der Waals surface area contributed by atoms with E-state index >= 15 is 4.39 Å². The number of anilines is 2. The average molecular weight is 582 g/mol. The molecule has 1 amide bonds. The molecule has 0 spiro atoms. The second-order valence-corrected chi connectivity index (χ2v) is 13.7. The topological polar surface area (TPSA) is 104 Å². The van der Waals surface area contributed by atoms with Crippen molar-refractivity contribution in [3.05, 3.63) is 84.7 Å². The Morgan fingerprint density at radius 2 is 1.60 bits per heavy atom. The van der Waals surface area contributed by atoms with Crippen molar-refractivity contribution < 1.29 is 26.0 Å². The molecule has 0 saturated carbocycles. The first kappa shape index (κ1) is 27.8. The third-order valence-electron chi connectivity index (χ3n) is 6.96. The van der Waals surface area contributed by atoms with Gasteiger partial charge in [0.15, 0.2) is 9.84 Å². The van der Waals surface area contributed by atoms with Gasteiger partial charge in [-0.1, -0.05) is 36.4 Å². The van der Waals surface area contributed by atoms with Crippen LogP contribution in [0.15, 0.2) is 88.7 Å². The molecule has 208 valence electrons. The Kier molecular flexibility index (Phi) is 7.15. The number of carbonyl (C=O) groups is 1. The molecule has 8 nitrogen and oxygen atoms in total. The SMILES string of the molecule is CN(C)c1ccc2cc(S(=O)(=O)N[C@H]3CCN(c4ccc(-c5ccccc5S(C)(=O)=O)cc4F)C3=O)ccc2c1. The fourth-order valence-electron chi connectivity index (χ4n) is 4.86. The number of benzene rings is 4. The molecule has 0 aromatic heterocycles. The minimum absolute atomic E-state index is 0.00492. The molecule has 0 bridgehead atoms. The summed E-state index contributed by atoms with van der Waals surface area (Å²) >= 11 is 0. The average Bonchev–Trinajstić information content (AvgIpc) is 3.26. The van der Waals surface area contributed by atoms with Gasteiger partial charge in [0.05, 0.1) is 15.5 Å². The smallest absolute Gasteiger partial charge is 0.245 e. The predicted molar refractivity (Wildman–Crippen MR) is 154 cm³/mol. The molecule has 4 aromatic rings. The Bertz CT molecular complexity index is 1860. The van der Waals surface area contributed by atoms with Crippen LogP contribution >= 0.6 is 0 Å². The summed E-state index contributed by atoms with van der Waals surface area (Å²) < 4.78 is 68.4. The van der Waals surface area contributed by atoms with E-state index in [-0.39, 0.29) is 28.4 Å². The molecule has 1 atom stereocenters. The Hall–Kier alpha value is -3.80. The third kappa shape index (κ3) is 5.32. The van der Waals surface area contributed by atoms with E-state index < -0.39 is 37.6 Å². The summed E-state index contributed by atoms with van der Waals surface area (Å²) in [4.78, 5) is 16.4. The van der Waals surface area contributed by atoms with Crippen molar-refractivity contribution >= 4 is 47.9 Å². The number of sulfone groups is 1. The molecule has 0 aliphatic carbocycles. The van der Waals surface area contributed by atoms with Gasteiger partial charge in [-0.15, -0.1) is 0 Å². The maximum Gasteiger partial charge on any atom is 0.245 e. The standard InChI is InChI=1S/C29H28FN3O5S2/c1-32(2)22-11-8-20-17-23(12-9-19(20)16-22)40(37,38)31-26-14-15-33(29(26)34)27-13-10-21(18-25(27)30)24-6-4-5-7-28(24)39(3,35)36/h4-13,16-18,26,31H,14-15H2,1-3H3/t26-/m0/s1. The lowest BCUT2D eigenvalue weighted by Crippen LogP contribution is -2.41. The number of sulfonamides is 1. The number of hydrogen-bond donors (Lipinski definition) is 1. The van der Waals surface area contributed by atoms with Crippen molar-refractivity contribution in [1.82, 2.24) is 4.72 Å². The zero-order valence-electron chi connectivity index (χ0n) is 22.1. The van der Waals surface area contributed by atoms with E-state index in [1.165, 1.54) is 29.2 Å². The Morgan fingerprint density at radius 3 is 2.30 bits per heavy atom. The molecule has 5 rings (SSSR count). The van der Waals surface area contributed by atoms with Gasteiger partial charge >= 0.3 is 0 Å². The van der Waals surface area contributed by atoms with Crippen molar-refractivity contribution in [2.75, 3.05) is 36.7 Å². The molecule has 1 fully saturated rings. The van der Waals surface area contributed by atoms with Crippen molar-refractivity contribution in [1.29, 1.82) is 0 Å². The van der Waals surface area contributed by atoms with Gasteiger partial charge in [-0.25, -0.2) is 21.2 Å². The molecule has 1 N–H and O–H groups in total. The number of hydrogen-bond acceptors (Lipinski definition) is 6. The first-order valence-corrected chi connectivity index (χ1v) is 15.9. The Labute approximate surface area is 233 Å². The third-order valence-corrected chi connectivity index (χ3v) is 9.59. The fourth-order valence-corrected chi connectivity index (χ4v) is 7.03. The molecular formula is C29H28FN3O5S2. The molecule has 1 heterocycles. The second-order valence-electron chi connectivity index (χ2n) is 9.97. The van der Waals surface area contributed by atoms with Crippen LogP contribution in [0.4, 0.5) is 15.8 Å². The van der Waals surface area contributed by atoms with Crippen LogP contribution < -0.4 is 14.5 Å². The first-order valence-electron chi connectivity index (χ1n) is 12.5. The van der Waals surface area contributed by atoms with Gasteiger partial charge in [0, 0.05) is 38.1 Å². The number of nitrogens with one attached hydrogen (secondary N) is 1. The highest BCUT2D eigenvalue weighted by atomic mass is 32.2. The zero-order chi connectivity index (χ0) is 28.8. The molecular weight excluding hydrogens is 553 g/mol. The number of fused-ring (bicyclic) bond motifs is 1. The summed E-state index contributed by atoms with van der Waals surface area (Å²) in [6.45, 7) is 0.118. The van der Waals surface area contributed by atoms with Gasteiger partial charge < -0.3 is 9.80 Å². The summed E-state index contributed by atoms with van der Waals surface area (Å²) in [5.41, 5.74) is 1.68. The van der Waals surface area contributed by atoms with E-state index in [2.05, 4.69) is 4.72 Å². The molecule has 1 aliphatic heterocycles. The monoisotopic (exact) mass is 581 g/mol. The molecule has 11 heteroatoms. The van der Waals surface area contributed by atoms with Gasteiger partial charge in [-0.05, 0) is 65.2 Å². The summed E-state index contributed by atoms with van der Waals surface area (Å²) in [7, 11) is -3.74. The first-order chi connectivity index (χ1) is 18.8. The van der Waals surface area contributed by atoms with Crippen LogP contribution in [0.2, 0.25) is 0 Å². The van der Waals surface area contributed by atoms with Crippen LogP contribution in [0.1, 0.15) is 6.42 Å². The van der Waals surface area contributed by atoms with Crippen LogP contribution in [0.25, 0.3) is 21.9 Å². The van der Waals surface area contributed by atoms with Gasteiger partial charge in [-0.2, -0.15) is 4.72 Å². The summed E-state index contributed by atoms with van der Waals surface area (Å²) in [5, 5.41) is 1.62. The van der Waals surface area contributed by atoms with Gasteiger partial charge in [0.1, 0.15) is 11.9 Å². The van der Waals surface area contributed by atoms with Gasteiger partial charge in [0.25, 0.3) is 0 Å². The molecule has 1 aliphatic rings. The lowest BCUT2D eigenvalue weighted by Gasteiger charge is -2.19. The summed E-state index contributed by atoms with van der Waals surface area (Å²) in [6, 6.07) is 19.8. The normalized spacial score (nSPS) is 16.1. The number of rotatable bonds is 7. The Morgan fingerprint density at radius 1 is 0.900 bits per heavy atom. The van der Waals surface area contributed by atoms with Gasteiger partial charge in [-0.3, -0.25) is 4.79 Å². The van der Waals surface area contributed by atoms with E-state index in [1.807, 2.05) is 37.2 Å². The summed E-state index contributed by atoms with van der Waals surface area (Å²) in [5.74, 6) is -1.28. The largest absolute Gasteiger partial charge is 0.378 e. The van der Waals surface area contributed by atoms with Crippen molar-refractivity contribution in [2.24, 2.45) is 0 Å². The fraction of sp³-hybridized carbons (Fsp3) is 0.207. The number of amides is 1. The van der Waals surface area contributed by atoms with Crippen LogP contribution in [-0.4, -0.2) is 55.7 Å². The molecule has 0 unspecified atom stereocenters. The highest BCUT2D eigenvalue weighted by molar-refractivity contribution is 7.91. The van der Waals surface area contributed by atoms with Crippen LogP contribution in [-0.2, 0) is 24.7 Å². The van der Waals surface area contributed by atoms with E-state index in [1.54, 1.807) is 36.4 Å². The van der Waals surface area contributed by atoms with E-state index in [4.69, 9.17) is 0 Å². The predicted octanol–water partition coefficient (Wildman–Crippen LogP) is 4.20. The quantitative estimate of drug-likeness (QED) is 0.351. The highest BCUT2D eigenvalue weighted by Crippen LogP contribution is 2.33. The van der Waals surface area contributed by atoms with Crippen molar-refractivity contribution in [2.45, 2.75) is 22.3 Å². The minimum Gasteiger partial charge on any atom is -0.378 e. The summed E-state index contributed by atoms with van der Waals surface area (Å²) in [6.07, 6.45) is 1.25. The highest BCUT2D eigenvalue weighted by Gasteiger charge is 2.37. The zero-order valence-corrected chi connectivity index (χ0v) is 23.8. The molecule has 40 heavy (non-hydrogen) atoms. The number of carbonyl (C=O) groups excluding carboxylic acids is 1. The van der Waals surface area contributed by atoms with Crippen molar-refractivity contribution in [3.63, 3.8) is 0 Å². The lowest BCUT2D eigenvalue weighted by atomic mass is 10.0. The maximum atomic E-state index is 15.3. The van der Waals surface area contributed by atoms with E-state index in [0.717, 1.165) is 22.7 Å². The lowest BCUT2D eigenvalue weighted by molar-refractivity contribution is -0.118. The van der Waals surface area contributed by atoms with Crippen LogP contribution in [0.3, 0.4) is 0 Å². The number of halogens is 1. The number of nitrogens with zero attached hydrogens (tertiary/aromatic N) is 2. The maximum absolute atomic E-state index is 15.3. The minimum atomic E-state index is -4.03. The second kappa shape index (κ2) is 10.3.